The predicted molar refractivity (Wildman–Crippen MR) is 84.6 cm³/mol. The summed E-state index contributed by atoms with van der Waals surface area (Å²) in [6.07, 6.45) is 3.29. The Hall–Kier alpha value is -1.80. The van der Waals surface area contributed by atoms with E-state index in [2.05, 4.69) is 31.2 Å². The molecule has 0 spiro atoms. The van der Waals surface area contributed by atoms with Crippen molar-refractivity contribution in [3.8, 4) is 5.75 Å². The van der Waals surface area contributed by atoms with Crippen LogP contribution in [0.2, 0.25) is 0 Å². The van der Waals surface area contributed by atoms with E-state index in [1.165, 1.54) is 16.7 Å². The first-order valence-electron chi connectivity index (χ1n) is 7.62. The van der Waals surface area contributed by atoms with E-state index in [0.29, 0.717) is 6.61 Å². The number of ether oxygens (including phenoxy) is 1. The molecule has 21 heavy (non-hydrogen) atoms. The molecule has 1 aliphatic carbocycles. The van der Waals surface area contributed by atoms with E-state index in [-0.39, 0.29) is 12.0 Å². The quantitative estimate of drug-likeness (QED) is 0.923. The fourth-order valence-electron chi connectivity index (χ4n) is 3.13. The summed E-state index contributed by atoms with van der Waals surface area (Å²) in [4.78, 5) is 0. The molecule has 1 unspecified atom stereocenters. The number of aliphatic hydroxyl groups is 1. The van der Waals surface area contributed by atoms with E-state index in [4.69, 9.17) is 4.74 Å². The molecular weight excluding hydrogens is 260 g/mol. The summed E-state index contributed by atoms with van der Waals surface area (Å²) in [7, 11) is 0. The zero-order valence-electron chi connectivity index (χ0n) is 12.5. The Morgan fingerprint density at radius 3 is 2.71 bits per heavy atom. The largest absolute Gasteiger partial charge is 0.489 e. The number of hydrogen-bond acceptors (Lipinski definition) is 2. The highest BCUT2D eigenvalue weighted by Gasteiger charge is 2.31. The van der Waals surface area contributed by atoms with Crippen LogP contribution in [-0.2, 0) is 18.4 Å². The van der Waals surface area contributed by atoms with Gasteiger partial charge in [0.2, 0.25) is 0 Å². The standard InChI is InChI=1S/C19H22O2/c1-19(14-20)11-5-8-16-9-10-17(12-18(16)19)21-13-15-6-3-2-4-7-15/h2-4,6-7,9-10,12,20H,5,8,11,13-14H2,1H3. The maximum Gasteiger partial charge on any atom is 0.120 e. The Morgan fingerprint density at radius 2 is 1.95 bits per heavy atom. The van der Waals surface area contributed by atoms with Crippen LogP contribution >= 0.6 is 0 Å². The first kappa shape index (κ1) is 14.2. The maximum atomic E-state index is 9.76. The molecule has 3 rings (SSSR count). The number of rotatable bonds is 4. The molecule has 0 saturated carbocycles. The summed E-state index contributed by atoms with van der Waals surface area (Å²) in [5.74, 6) is 0.888. The fourth-order valence-corrected chi connectivity index (χ4v) is 3.13. The van der Waals surface area contributed by atoms with Gasteiger partial charge in [0, 0.05) is 5.41 Å². The summed E-state index contributed by atoms with van der Waals surface area (Å²) in [6, 6.07) is 16.5. The average Bonchev–Trinajstić information content (AvgIpc) is 2.54. The SMILES string of the molecule is CC1(CO)CCCc2ccc(OCc3ccccc3)cc21. The van der Waals surface area contributed by atoms with Crippen molar-refractivity contribution in [2.45, 2.75) is 38.2 Å². The third kappa shape index (κ3) is 2.96. The van der Waals surface area contributed by atoms with E-state index in [0.717, 1.165) is 25.0 Å². The zero-order valence-corrected chi connectivity index (χ0v) is 12.5. The summed E-state index contributed by atoms with van der Waals surface area (Å²) in [5, 5.41) is 9.76. The third-order valence-corrected chi connectivity index (χ3v) is 4.50. The molecule has 0 fully saturated rings. The monoisotopic (exact) mass is 282 g/mol. The molecule has 0 bridgehead atoms. The molecule has 0 amide bonds. The van der Waals surface area contributed by atoms with Crippen molar-refractivity contribution >= 4 is 0 Å². The first-order valence-corrected chi connectivity index (χ1v) is 7.62. The van der Waals surface area contributed by atoms with Crippen LogP contribution in [0.4, 0.5) is 0 Å². The summed E-state index contributed by atoms with van der Waals surface area (Å²) in [6.45, 7) is 2.92. The average molecular weight is 282 g/mol. The van der Waals surface area contributed by atoms with Gasteiger partial charge in [-0.2, -0.15) is 0 Å². The van der Waals surface area contributed by atoms with Gasteiger partial charge in [-0.15, -0.1) is 0 Å². The normalized spacial score (nSPS) is 20.9. The highest BCUT2D eigenvalue weighted by molar-refractivity contribution is 5.42. The van der Waals surface area contributed by atoms with Crippen LogP contribution in [-0.4, -0.2) is 11.7 Å². The van der Waals surface area contributed by atoms with Crippen molar-refractivity contribution < 1.29 is 9.84 Å². The second kappa shape index (κ2) is 5.90. The first-order chi connectivity index (χ1) is 10.2. The van der Waals surface area contributed by atoms with Gasteiger partial charge in [-0.25, -0.2) is 0 Å². The Morgan fingerprint density at radius 1 is 1.14 bits per heavy atom. The van der Waals surface area contributed by atoms with Crippen LogP contribution in [0.1, 0.15) is 36.5 Å². The van der Waals surface area contributed by atoms with Crippen LogP contribution in [0.15, 0.2) is 48.5 Å². The minimum atomic E-state index is -0.125. The van der Waals surface area contributed by atoms with E-state index in [1.54, 1.807) is 0 Å². The van der Waals surface area contributed by atoms with E-state index < -0.39 is 0 Å². The second-order valence-corrected chi connectivity index (χ2v) is 6.17. The highest BCUT2D eigenvalue weighted by Crippen LogP contribution is 2.38. The molecule has 2 heteroatoms. The zero-order chi connectivity index (χ0) is 14.7. The molecule has 110 valence electrons. The Kier molecular flexibility index (Phi) is 3.98. The molecule has 0 saturated heterocycles. The maximum absolute atomic E-state index is 9.76. The van der Waals surface area contributed by atoms with Crippen LogP contribution in [0.3, 0.4) is 0 Å². The van der Waals surface area contributed by atoms with Crippen molar-refractivity contribution in [1.29, 1.82) is 0 Å². The van der Waals surface area contributed by atoms with Gasteiger partial charge in [0.1, 0.15) is 12.4 Å². The lowest BCUT2D eigenvalue weighted by Gasteiger charge is -2.34. The molecule has 1 N–H and O–H groups in total. The minimum Gasteiger partial charge on any atom is -0.489 e. The molecule has 2 aromatic rings. The molecule has 0 aliphatic heterocycles. The third-order valence-electron chi connectivity index (χ3n) is 4.50. The molecule has 1 atom stereocenters. The fraction of sp³-hybridized carbons (Fsp3) is 0.368. The molecule has 0 heterocycles. The van der Waals surface area contributed by atoms with Crippen molar-refractivity contribution in [3.05, 3.63) is 65.2 Å². The summed E-state index contributed by atoms with van der Waals surface area (Å²) in [5.41, 5.74) is 3.64. The predicted octanol–water partition coefficient (Wildman–Crippen LogP) is 3.85. The van der Waals surface area contributed by atoms with E-state index in [1.807, 2.05) is 24.3 Å². The number of aliphatic hydroxyl groups excluding tert-OH is 1. The van der Waals surface area contributed by atoms with Gasteiger partial charge in [0.25, 0.3) is 0 Å². The molecule has 2 aromatic carbocycles. The Bertz CT molecular complexity index is 606. The molecule has 2 nitrogen and oxygen atoms in total. The van der Waals surface area contributed by atoms with Gasteiger partial charge in [-0.1, -0.05) is 43.3 Å². The van der Waals surface area contributed by atoms with Crippen LogP contribution in [0, 0.1) is 0 Å². The van der Waals surface area contributed by atoms with E-state index >= 15 is 0 Å². The second-order valence-electron chi connectivity index (χ2n) is 6.17. The van der Waals surface area contributed by atoms with Gasteiger partial charge in [0.05, 0.1) is 6.61 Å². The molecule has 1 aliphatic rings. The van der Waals surface area contributed by atoms with Gasteiger partial charge in [-0.3, -0.25) is 0 Å². The lowest BCUT2D eigenvalue weighted by atomic mass is 9.72. The van der Waals surface area contributed by atoms with Crippen molar-refractivity contribution in [2.24, 2.45) is 0 Å². The smallest absolute Gasteiger partial charge is 0.120 e. The lowest BCUT2D eigenvalue weighted by molar-refractivity contribution is 0.187. The number of fused-ring (bicyclic) bond motifs is 1. The Balaban J connectivity index is 1.80. The minimum absolute atomic E-state index is 0.125. The van der Waals surface area contributed by atoms with Gasteiger partial charge in [-0.05, 0) is 48.1 Å². The summed E-state index contributed by atoms with van der Waals surface area (Å²) >= 11 is 0. The number of aryl methyl sites for hydroxylation is 1. The highest BCUT2D eigenvalue weighted by atomic mass is 16.5. The topological polar surface area (TPSA) is 29.5 Å². The van der Waals surface area contributed by atoms with Gasteiger partial charge >= 0.3 is 0 Å². The van der Waals surface area contributed by atoms with Crippen LogP contribution < -0.4 is 4.74 Å². The Labute approximate surface area is 126 Å². The lowest BCUT2D eigenvalue weighted by Crippen LogP contribution is -2.31. The number of hydrogen-bond donors (Lipinski definition) is 1. The van der Waals surface area contributed by atoms with Crippen LogP contribution in [0.5, 0.6) is 5.75 Å². The molecule has 0 aromatic heterocycles. The molecular formula is C19H22O2. The summed E-state index contributed by atoms with van der Waals surface area (Å²) < 4.78 is 5.91. The van der Waals surface area contributed by atoms with Crippen molar-refractivity contribution in [3.63, 3.8) is 0 Å². The number of benzene rings is 2. The van der Waals surface area contributed by atoms with Gasteiger partial charge in [0.15, 0.2) is 0 Å². The molecule has 0 radical (unpaired) electrons. The van der Waals surface area contributed by atoms with Crippen LogP contribution in [0.25, 0.3) is 0 Å². The van der Waals surface area contributed by atoms with E-state index in [9.17, 15) is 5.11 Å². The van der Waals surface area contributed by atoms with Crippen molar-refractivity contribution in [1.82, 2.24) is 0 Å². The van der Waals surface area contributed by atoms with Crippen molar-refractivity contribution in [2.75, 3.05) is 6.61 Å². The van der Waals surface area contributed by atoms with Gasteiger partial charge < -0.3 is 9.84 Å².